The first-order valence-corrected chi connectivity index (χ1v) is 8.62. The van der Waals surface area contributed by atoms with Gasteiger partial charge in [0.05, 0.1) is 4.90 Å². The molecule has 0 aliphatic carbocycles. The number of hydrogen-bond acceptors (Lipinski definition) is 2. The molecule has 0 amide bonds. The number of rotatable bonds is 5. The van der Waals surface area contributed by atoms with Gasteiger partial charge in [-0.3, -0.25) is 0 Å². The van der Waals surface area contributed by atoms with E-state index >= 15 is 0 Å². The summed E-state index contributed by atoms with van der Waals surface area (Å²) in [6.45, 7) is 0.332. The van der Waals surface area contributed by atoms with Gasteiger partial charge in [-0.2, -0.15) is 0 Å². The zero-order valence-corrected chi connectivity index (χ0v) is 13.7. The van der Waals surface area contributed by atoms with Crippen LogP contribution in [0.25, 0.3) is 0 Å². The third-order valence-electron chi connectivity index (χ3n) is 2.72. The summed E-state index contributed by atoms with van der Waals surface area (Å²) in [5.74, 6) is 0. The normalized spacial score (nSPS) is 11.5. The van der Waals surface area contributed by atoms with Crippen molar-refractivity contribution in [3.8, 4) is 0 Å². The van der Waals surface area contributed by atoms with Gasteiger partial charge in [0.1, 0.15) is 0 Å². The van der Waals surface area contributed by atoms with Crippen LogP contribution in [0.1, 0.15) is 5.56 Å². The Morgan fingerprint density at radius 2 is 1.80 bits per heavy atom. The second-order valence-corrected chi connectivity index (χ2v) is 7.35. The Morgan fingerprint density at radius 1 is 1.10 bits per heavy atom. The topological polar surface area (TPSA) is 46.2 Å². The fraction of sp³-hybridized carbons (Fsp3) is 0.143. The van der Waals surface area contributed by atoms with Gasteiger partial charge in [-0.05, 0) is 48.4 Å². The molecule has 6 heteroatoms. The first kappa shape index (κ1) is 15.5. The van der Waals surface area contributed by atoms with Crippen molar-refractivity contribution in [2.75, 3.05) is 6.54 Å². The molecule has 0 bridgehead atoms. The summed E-state index contributed by atoms with van der Waals surface area (Å²) in [6, 6.07) is 13.9. The van der Waals surface area contributed by atoms with E-state index in [9.17, 15) is 8.42 Å². The monoisotopic (exact) mass is 373 g/mol. The minimum atomic E-state index is -3.46. The van der Waals surface area contributed by atoms with E-state index in [2.05, 4.69) is 20.7 Å². The van der Waals surface area contributed by atoms with Crippen LogP contribution < -0.4 is 4.72 Å². The van der Waals surface area contributed by atoms with Crippen LogP contribution >= 0.6 is 27.5 Å². The lowest BCUT2D eigenvalue weighted by molar-refractivity contribution is 0.581. The van der Waals surface area contributed by atoms with E-state index in [1.54, 1.807) is 30.3 Å². The molecule has 0 saturated carbocycles. The summed E-state index contributed by atoms with van der Waals surface area (Å²) in [4.78, 5) is 0.256. The lowest BCUT2D eigenvalue weighted by Gasteiger charge is -2.07. The largest absolute Gasteiger partial charge is 0.240 e. The number of hydrogen-bond donors (Lipinski definition) is 1. The third kappa shape index (κ3) is 4.31. The van der Waals surface area contributed by atoms with Gasteiger partial charge in [0.2, 0.25) is 10.0 Å². The highest BCUT2D eigenvalue weighted by molar-refractivity contribution is 9.10. The first-order chi connectivity index (χ1) is 9.47. The Bertz CT molecular complexity index is 687. The molecule has 0 radical (unpaired) electrons. The molecule has 2 rings (SSSR count). The Hall–Kier alpha value is -0.880. The average Bonchev–Trinajstić information content (AvgIpc) is 2.39. The molecule has 2 aromatic rings. The Balaban J connectivity index is 1.98. The van der Waals surface area contributed by atoms with Crippen molar-refractivity contribution >= 4 is 37.6 Å². The third-order valence-corrected chi connectivity index (χ3v) is 4.96. The second-order valence-electron chi connectivity index (χ2n) is 4.23. The lowest BCUT2D eigenvalue weighted by Crippen LogP contribution is -2.25. The summed E-state index contributed by atoms with van der Waals surface area (Å²) in [6.07, 6.45) is 0.594. The highest BCUT2D eigenvalue weighted by Crippen LogP contribution is 2.15. The molecule has 1 N–H and O–H groups in total. The Morgan fingerprint density at radius 3 is 2.45 bits per heavy atom. The van der Waals surface area contributed by atoms with Crippen molar-refractivity contribution in [3.05, 3.63) is 63.6 Å². The van der Waals surface area contributed by atoms with Crippen molar-refractivity contribution < 1.29 is 8.42 Å². The molecular weight excluding hydrogens is 362 g/mol. The summed E-state index contributed by atoms with van der Waals surface area (Å²) >= 11 is 9.16. The molecule has 0 aliphatic rings. The van der Waals surface area contributed by atoms with Crippen LogP contribution in [0.2, 0.25) is 5.02 Å². The standard InChI is InChI=1S/C14H13BrClNO2S/c15-12-4-6-14(7-5-12)20(18,19)17-9-8-11-2-1-3-13(16)10-11/h1-7,10,17H,8-9H2. The maximum atomic E-state index is 12.0. The van der Waals surface area contributed by atoms with E-state index in [4.69, 9.17) is 11.6 Å². The number of halogens is 2. The molecule has 0 heterocycles. The van der Waals surface area contributed by atoms with Crippen LogP contribution in [0.5, 0.6) is 0 Å². The predicted molar refractivity (Wildman–Crippen MR) is 84.5 cm³/mol. The summed E-state index contributed by atoms with van der Waals surface area (Å²) in [7, 11) is -3.46. The van der Waals surface area contributed by atoms with Crippen molar-refractivity contribution in [3.63, 3.8) is 0 Å². The van der Waals surface area contributed by atoms with Gasteiger partial charge in [0, 0.05) is 16.0 Å². The number of sulfonamides is 1. The molecule has 0 aliphatic heterocycles. The lowest BCUT2D eigenvalue weighted by atomic mass is 10.2. The molecule has 2 aromatic carbocycles. The SMILES string of the molecule is O=S(=O)(NCCc1cccc(Cl)c1)c1ccc(Br)cc1. The number of nitrogens with one attached hydrogen (secondary N) is 1. The van der Waals surface area contributed by atoms with E-state index in [-0.39, 0.29) is 4.90 Å². The van der Waals surface area contributed by atoms with Gasteiger partial charge in [0.25, 0.3) is 0 Å². The van der Waals surface area contributed by atoms with Gasteiger partial charge >= 0.3 is 0 Å². The van der Waals surface area contributed by atoms with Gasteiger partial charge in [-0.25, -0.2) is 13.1 Å². The molecule has 20 heavy (non-hydrogen) atoms. The zero-order valence-electron chi connectivity index (χ0n) is 10.5. The van der Waals surface area contributed by atoms with Crippen LogP contribution in [-0.4, -0.2) is 15.0 Å². The summed E-state index contributed by atoms with van der Waals surface area (Å²) in [5, 5.41) is 0.651. The summed E-state index contributed by atoms with van der Waals surface area (Å²) < 4.78 is 27.5. The van der Waals surface area contributed by atoms with Crippen molar-refractivity contribution in [1.82, 2.24) is 4.72 Å². The molecule has 0 aromatic heterocycles. The fourth-order valence-electron chi connectivity index (χ4n) is 1.72. The quantitative estimate of drug-likeness (QED) is 0.869. The molecule has 0 saturated heterocycles. The zero-order chi connectivity index (χ0) is 14.6. The maximum Gasteiger partial charge on any atom is 0.240 e. The van der Waals surface area contributed by atoms with E-state index in [1.807, 2.05) is 18.2 Å². The van der Waals surface area contributed by atoms with Gasteiger partial charge in [-0.15, -0.1) is 0 Å². The summed E-state index contributed by atoms with van der Waals surface area (Å²) in [5.41, 5.74) is 0.996. The first-order valence-electron chi connectivity index (χ1n) is 5.97. The van der Waals surface area contributed by atoms with Crippen molar-refractivity contribution in [2.24, 2.45) is 0 Å². The molecule has 106 valence electrons. The Labute approximate surface area is 132 Å². The predicted octanol–water partition coefficient (Wildman–Crippen LogP) is 3.62. The van der Waals surface area contributed by atoms with Crippen LogP contribution in [0.4, 0.5) is 0 Å². The van der Waals surface area contributed by atoms with E-state index in [1.165, 1.54) is 0 Å². The van der Waals surface area contributed by atoms with Crippen LogP contribution in [0.3, 0.4) is 0 Å². The highest BCUT2D eigenvalue weighted by atomic mass is 79.9. The van der Waals surface area contributed by atoms with Gasteiger partial charge in [-0.1, -0.05) is 39.7 Å². The maximum absolute atomic E-state index is 12.0. The van der Waals surface area contributed by atoms with E-state index in [0.717, 1.165) is 10.0 Å². The minimum Gasteiger partial charge on any atom is -0.211 e. The van der Waals surface area contributed by atoms with Crippen molar-refractivity contribution in [2.45, 2.75) is 11.3 Å². The second kappa shape index (κ2) is 6.72. The van der Waals surface area contributed by atoms with Crippen LogP contribution in [-0.2, 0) is 16.4 Å². The molecular formula is C14H13BrClNO2S. The highest BCUT2D eigenvalue weighted by Gasteiger charge is 2.12. The molecule has 0 fully saturated rings. The average molecular weight is 375 g/mol. The smallest absolute Gasteiger partial charge is 0.211 e. The van der Waals surface area contributed by atoms with E-state index in [0.29, 0.717) is 18.0 Å². The molecule has 0 spiro atoms. The molecule has 0 atom stereocenters. The van der Waals surface area contributed by atoms with Crippen LogP contribution in [0, 0.1) is 0 Å². The van der Waals surface area contributed by atoms with Gasteiger partial charge in [0.15, 0.2) is 0 Å². The van der Waals surface area contributed by atoms with Crippen molar-refractivity contribution in [1.29, 1.82) is 0 Å². The van der Waals surface area contributed by atoms with E-state index < -0.39 is 10.0 Å². The fourth-order valence-corrected chi connectivity index (χ4v) is 3.23. The number of benzene rings is 2. The minimum absolute atomic E-state index is 0.256. The Kier molecular flexibility index (Phi) is 5.21. The van der Waals surface area contributed by atoms with Crippen LogP contribution in [0.15, 0.2) is 57.9 Å². The molecule has 3 nitrogen and oxygen atoms in total. The van der Waals surface area contributed by atoms with Gasteiger partial charge < -0.3 is 0 Å². The molecule has 0 unspecified atom stereocenters.